The fourth-order valence-corrected chi connectivity index (χ4v) is 3.12. The van der Waals surface area contributed by atoms with E-state index in [4.69, 9.17) is 4.42 Å². The molecule has 2 heterocycles. The van der Waals surface area contributed by atoms with E-state index in [0.717, 1.165) is 50.4 Å². The van der Waals surface area contributed by atoms with Crippen molar-refractivity contribution in [1.82, 2.24) is 10.2 Å². The molecule has 140 valence electrons. The third-order valence-corrected chi connectivity index (χ3v) is 4.67. The molecule has 26 heavy (non-hydrogen) atoms. The smallest absolute Gasteiger partial charge is 0.416 e. The molecule has 1 amide bonds. The lowest BCUT2D eigenvalue weighted by Gasteiger charge is -2.30. The zero-order chi connectivity index (χ0) is 18.6. The van der Waals surface area contributed by atoms with Gasteiger partial charge >= 0.3 is 6.18 Å². The molecular weight excluding hydrogens is 345 g/mol. The second kappa shape index (κ2) is 7.95. The first-order chi connectivity index (χ1) is 12.4. The molecule has 1 aromatic carbocycles. The summed E-state index contributed by atoms with van der Waals surface area (Å²) in [6.45, 7) is 2.62. The highest BCUT2D eigenvalue weighted by Gasteiger charge is 2.30. The van der Waals surface area contributed by atoms with E-state index in [0.29, 0.717) is 5.56 Å². The Morgan fingerprint density at radius 3 is 2.42 bits per heavy atom. The summed E-state index contributed by atoms with van der Waals surface area (Å²) >= 11 is 0. The van der Waals surface area contributed by atoms with E-state index in [1.807, 2.05) is 12.1 Å². The summed E-state index contributed by atoms with van der Waals surface area (Å²) in [5.41, 5.74) is -0.0295. The number of hydrogen-bond donors (Lipinski definition) is 1. The molecule has 1 saturated heterocycles. The van der Waals surface area contributed by atoms with Crippen LogP contribution in [0.2, 0.25) is 0 Å². The number of furan rings is 1. The minimum atomic E-state index is -4.34. The molecule has 1 fully saturated rings. The molecule has 4 nitrogen and oxygen atoms in total. The highest BCUT2D eigenvalue weighted by molar-refractivity contribution is 5.78. The van der Waals surface area contributed by atoms with Gasteiger partial charge in [0.25, 0.3) is 0 Å². The van der Waals surface area contributed by atoms with Gasteiger partial charge in [0.1, 0.15) is 5.76 Å². The lowest BCUT2D eigenvalue weighted by Crippen LogP contribution is -2.40. The summed E-state index contributed by atoms with van der Waals surface area (Å²) in [6.07, 6.45) is -1.17. The quantitative estimate of drug-likeness (QED) is 0.875. The number of nitrogens with zero attached hydrogens (tertiary/aromatic N) is 1. The number of halogens is 3. The maximum Gasteiger partial charge on any atom is 0.416 e. The molecule has 3 rings (SSSR count). The largest absolute Gasteiger partial charge is 0.468 e. The molecular formula is C19H21F3N2O2. The van der Waals surface area contributed by atoms with Gasteiger partial charge in [-0.05, 0) is 55.8 Å². The fourth-order valence-electron chi connectivity index (χ4n) is 3.12. The van der Waals surface area contributed by atoms with E-state index in [1.165, 1.54) is 12.1 Å². The topological polar surface area (TPSA) is 45.5 Å². The lowest BCUT2D eigenvalue weighted by molar-refractivity contribution is -0.137. The summed E-state index contributed by atoms with van der Waals surface area (Å²) in [4.78, 5) is 14.5. The van der Waals surface area contributed by atoms with Gasteiger partial charge in [0.2, 0.25) is 5.91 Å². The van der Waals surface area contributed by atoms with E-state index >= 15 is 0 Å². The second-order valence-electron chi connectivity index (χ2n) is 6.54. The van der Waals surface area contributed by atoms with Crippen LogP contribution < -0.4 is 5.32 Å². The van der Waals surface area contributed by atoms with Crippen molar-refractivity contribution in [2.45, 2.75) is 32.1 Å². The molecule has 0 aliphatic carbocycles. The highest BCUT2D eigenvalue weighted by Crippen LogP contribution is 2.29. The molecule has 0 atom stereocenters. The predicted octanol–water partition coefficient (Wildman–Crippen LogP) is 3.83. The van der Waals surface area contributed by atoms with Gasteiger partial charge < -0.3 is 9.73 Å². The van der Waals surface area contributed by atoms with Crippen molar-refractivity contribution in [3.05, 3.63) is 59.5 Å². The van der Waals surface area contributed by atoms with Crippen LogP contribution in [0.1, 0.15) is 29.7 Å². The summed E-state index contributed by atoms with van der Waals surface area (Å²) < 4.78 is 43.0. The molecule has 7 heteroatoms. The van der Waals surface area contributed by atoms with Crippen LogP contribution in [0.3, 0.4) is 0 Å². The number of alkyl halides is 3. The van der Waals surface area contributed by atoms with Crippen LogP contribution in [0.15, 0.2) is 47.1 Å². The number of hydrogen-bond acceptors (Lipinski definition) is 3. The van der Waals surface area contributed by atoms with Crippen molar-refractivity contribution < 1.29 is 22.4 Å². The van der Waals surface area contributed by atoms with Gasteiger partial charge in [-0.3, -0.25) is 9.69 Å². The predicted molar refractivity (Wildman–Crippen MR) is 90.0 cm³/mol. The standard InChI is InChI=1S/C19H21F3N2O2/c20-19(21,22)16-5-3-14(4-6-16)12-23-18(25)15-7-9-24(10-8-15)13-17-2-1-11-26-17/h1-6,11,15H,7-10,12-13H2,(H,23,25). The van der Waals surface area contributed by atoms with E-state index in [-0.39, 0.29) is 18.4 Å². The Labute approximate surface area is 150 Å². The van der Waals surface area contributed by atoms with Crippen LogP contribution in [-0.2, 0) is 24.1 Å². The number of carbonyl (C=O) groups excluding carboxylic acids is 1. The monoisotopic (exact) mass is 366 g/mol. The molecule has 2 aromatic rings. The van der Waals surface area contributed by atoms with E-state index in [1.54, 1.807) is 6.26 Å². The van der Waals surface area contributed by atoms with Gasteiger partial charge in [0, 0.05) is 12.5 Å². The highest BCUT2D eigenvalue weighted by atomic mass is 19.4. The second-order valence-corrected chi connectivity index (χ2v) is 6.54. The number of rotatable bonds is 5. The average Bonchev–Trinajstić information content (AvgIpc) is 3.13. The number of carbonyl (C=O) groups is 1. The van der Waals surface area contributed by atoms with Gasteiger partial charge in [-0.25, -0.2) is 0 Å². The Morgan fingerprint density at radius 1 is 1.15 bits per heavy atom. The van der Waals surface area contributed by atoms with Crippen LogP contribution in [-0.4, -0.2) is 23.9 Å². The van der Waals surface area contributed by atoms with E-state index in [2.05, 4.69) is 10.2 Å². The Bertz CT molecular complexity index is 703. The lowest BCUT2D eigenvalue weighted by atomic mass is 9.95. The van der Waals surface area contributed by atoms with Crippen molar-refractivity contribution >= 4 is 5.91 Å². The van der Waals surface area contributed by atoms with Crippen molar-refractivity contribution in [1.29, 1.82) is 0 Å². The minimum Gasteiger partial charge on any atom is -0.468 e. The molecule has 0 radical (unpaired) electrons. The number of nitrogens with one attached hydrogen (secondary N) is 1. The number of benzene rings is 1. The van der Waals surface area contributed by atoms with Gasteiger partial charge in [0.15, 0.2) is 0 Å². The zero-order valence-corrected chi connectivity index (χ0v) is 14.3. The maximum atomic E-state index is 12.5. The Balaban J connectivity index is 1.43. The van der Waals surface area contributed by atoms with Gasteiger partial charge in [0.05, 0.1) is 18.4 Å². The van der Waals surface area contributed by atoms with Crippen LogP contribution in [0.5, 0.6) is 0 Å². The first-order valence-corrected chi connectivity index (χ1v) is 8.60. The van der Waals surface area contributed by atoms with Crippen LogP contribution >= 0.6 is 0 Å². The number of piperidine rings is 1. The first kappa shape index (κ1) is 18.5. The van der Waals surface area contributed by atoms with Gasteiger partial charge in [-0.15, -0.1) is 0 Å². The molecule has 1 aliphatic heterocycles. The third-order valence-electron chi connectivity index (χ3n) is 4.67. The maximum absolute atomic E-state index is 12.5. The summed E-state index contributed by atoms with van der Waals surface area (Å²) in [5.74, 6) is 0.815. The number of likely N-dealkylation sites (tertiary alicyclic amines) is 1. The minimum absolute atomic E-state index is 0.0393. The molecule has 1 aromatic heterocycles. The SMILES string of the molecule is O=C(NCc1ccc(C(F)(F)F)cc1)C1CCN(Cc2ccco2)CC1. The fraction of sp³-hybridized carbons (Fsp3) is 0.421. The van der Waals surface area contributed by atoms with E-state index < -0.39 is 11.7 Å². The molecule has 1 aliphatic rings. The van der Waals surface area contributed by atoms with Gasteiger partial charge in [-0.2, -0.15) is 13.2 Å². The Hall–Kier alpha value is -2.28. The van der Waals surface area contributed by atoms with Crippen molar-refractivity contribution in [2.75, 3.05) is 13.1 Å². The zero-order valence-electron chi connectivity index (χ0n) is 14.3. The number of amides is 1. The molecule has 0 spiro atoms. The average molecular weight is 366 g/mol. The van der Waals surface area contributed by atoms with Crippen molar-refractivity contribution in [2.24, 2.45) is 5.92 Å². The summed E-state index contributed by atoms with van der Waals surface area (Å²) in [5, 5.41) is 2.83. The molecule has 0 saturated carbocycles. The summed E-state index contributed by atoms with van der Waals surface area (Å²) in [6, 6.07) is 8.66. The normalized spacial score (nSPS) is 16.6. The first-order valence-electron chi connectivity index (χ1n) is 8.60. The van der Waals surface area contributed by atoms with Gasteiger partial charge in [-0.1, -0.05) is 12.1 Å². The van der Waals surface area contributed by atoms with Crippen LogP contribution in [0.25, 0.3) is 0 Å². The Kier molecular flexibility index (Phi) is 5.66. The van der Waals surface area contributed by atoms with Crippen LogP contribution in [0, 0.1) is 5.92 Å². The molecule has 0 bridgehead atoms. The molecule has 1 N–H and O–H groups in total. The summed E-state index contributed by atoms with van der Waals surface area (Å²) in [7, 11) is 0. The van der Waals surface area contributed by atoms with Crippen molar-refractivity contribution in [3.63, 3.8) is 0 Å². The Morgan fingerprint density at radius 2 is 1.85 bits per heavy atom. The van der Waals surface area contributed by atoms with Crippen molar-refractivity contribution in [3.8, 4) is 0 Å². The van der Waals surface area contributed by atoms with E-state index in [9.17, 15) is 18.0 Å². The third kappa shape index (κ3) is 4.88. The molecule has 0 unspecified atom stereocenters. The van der Waals surface area contributed by atoms with Crippen LogP contribution in [0.4, 0.5) is 13.2 Å².